The lowest BCUT2D eigenvalue weighted by molar-refractivity contribution is 0.0575. The molecule has 6 nitrogen and oxygen atoms in total. The van der Waals surface area contributed by atoms with Gasteiger partial charge in [-0.15, -0.1) is 0 Å². The summed E-state index contributed by atoms with van der Waals surface area (Å²) in [5, 5.41) is 0. The van der Waals surface area contributed by atoms with Gasteiger partial charge in [-0.2, -0.15) is 0 Å². The van der Waals surface area contributed by atoms with Crippen LogP contribution in [0.4, 0.5) is 10.6 Å². The van der Waals surface area contributed by atoms with E-state index in [4.69, 9.17) is 4.74 Å². The number of aromatic nitrogens is 1. The molecule has 0 spiro atoms. The van der Waals surface area contributed by atoms with Crippen molar-refractivity contribution in [2.24, 2.45) is 0 Å². The lowest BCUT2D eigenvalue weighted by Gasteiger charge is -2.36. The molecule has 1 saturated carbocycles. The average Bonchev–Trinajstić information content (AvgIpc) is 3.58. The minimum atomic E-state index is -0.551. The van der Waals surface area contributed by atoms with Crippen LogP contribution in [0.25, 0.3) is 0 Å². The van der Waals surface area contributed by atoms with Gasteiger partial charge in [0.25, 0.3) is 5.91 Å². The molecule has 1 atom stereocenters. The molecule has 164 valence electrons. The molecule has 4 rings (SSSR count). The summed E-state index contributed by atoms with van der Waals surface area (Å²) in [6.07, 6.45) is 6.39. The maximum atomic E-state index is 13.1. The van der Waals surface area contributed by atoms with E-state index in [0.717, 1.165) is 44.2 Å². The molecule has 2 fully saturated rings. The Morgan fingerprint density at radius 1 is 1.03 bits per heavy atom. The third-order valence-electron chi connectivity index (χ3n) is 5.69. The first-order valence-electron chi connectivity index (χ1n) is 11.2. The van der Waals surface area contributed by atoms with E-state index in [1.807, 2.05) is 74.3 Å². The van der Waals surface area contributed by atoms with Gasteiger partial charge in [0.2, 0.25) is 0 Å². The molecule has 2 heterocycles. The second kappa shape index (κ2) is 8.69. The molecule has 1 aromatic heterocycles. The van der Waals surface area contributed by atoms with Crippen molar-refractivity contribution in [2.75, 3.05) is 11.4 Å². The van der Waals surface area contributed by atoms with Crippen LogP contribution in [0.5, 0.6) is 0 Å². The first-order valence-corrected chi connectivity index (χ1v) is 11.2. The first kappa shape index (κ1) is 21.3. The van der Waals surface area contributed by atoms with E-state index in [0.29, 0.717) is 11.4 Å². The van der Waals surface area contributed by atoms with Crippen molar-refractivity contribution in [3.8, 4) is 0 Å². The minimum absolute atomic E-state index is 0.00101. The standard InChI is InChI=1S/C25H31N3O3/c1-25(2,3)31-24(30)28(20-13-14-20)22-15-12-19(17-26-22)21-11-7-8-16-27(21)23(29)18-9-5-4-6-10-18/h4-6,9-10,12,15,17,20-21H,7-8,11,13-14,16H2,1-3H3/t21-/m1/s1. The average molecular weight is 422 g/mol. The summed E-state index contributed by atoms with van der Waals surface area (Å²) in [7, 11) is 0. The number of benzene rings is 1. The van der Waals surface area contributed by atoms with Crippen LogP contribution in [0, 0.1) is 0 Å². The second-order valence-electron chi connectivity index (χ2n) is 9.41. The third-order valence-corrected chi connectivity index (χ3v) is 5.69. The fourth-order valence-electron chi connectivity index (χ4n) is 4.08. The summed E-state index contributed by atoms with van der Waals surface area (Å²) >= 11 is 0. The molecule has 6 heteroatoms. The van der Waals surface area contributed by atoms with Crippen LogP contribution in [0.2, 0.25) is 0 Å². The molecule has 2 amide bonds. The predicted molar refractivity (Wildman–Crippen MR) is 120 cm³/mol. The molecule has 1 aromatic carbocycles. The topological polar surface area (TPSA) is 62.7 Å². The summed E-state index contributed by atoms with van der Waals surface area (Å²) in [4.78, 5) is 34.1. The zero-order chi connectivity index (χ0) is 22.0. The highest BCUT2D eigenvalue weighted by Gasteiger charge is 2.37. The number of anilines is 1. The molecule has 1 saturated heterocycles. The highest BCUT2D eigenvalue weighted by molar-refractivity contribution is 5.94. The zero-order valence-electron chi connectivity index (χ0n) is 18.6. The van der Waals surface area contributed by atoms with Gasteiger partial charge in [0.05, 0.1) is 6.04 Å². The number of ether oxygens (including phenoxy) is 1. The van der Waals surface area contributed by atoms with Gasteiger partial charge in [-0.05, 0) is 76.6 Å². The maximum absolute atomic E-state index is 13.1. The summed E-state index contributed by atoms with van der Waals surface area (Å²) < 4.78 is 5.59. The first-order chi connectivity index (χ1) is 14.8. The second-order valence-corrected chi connectivity index (χ2v) is 9.41. The number of hydrogen-bond donors (Lipinski definition) is 0. The van der Waals surface area contributed by atoms with E-state index in [1.165, 1.54) is 0 Å². The number of carbonyl (C=O) groups excluding carboxylic acids is 2. The van der Waals surface area contributed by atoms with Gasteiger partial charge in [-0.3, -0.25) is 9.69 Å². The van der Waals surface area contributed by atoms with Crippen molar-refractivity contribution < 1.29 is 14.3 Å². The van der Waals surface area contributed by atoms with Crippen molar-refractivity contribution in [3.05, 3.63) is 59.8 Å². The van der Waals surface area contributed by atoms with E-state index >= 15 is 0 Å². The number of amides is 2. The number of rotatable bonds is 4. The highest BCUT2D eigenvalue weighted by Crippen LogP contribution is 2.35. The van der Waals surface area contributed by atoms with Crippen LogP contribution in [0.3, 0.4) is 0 Å². The Balaban J connectivity index is 1.54. The number of nitrogens with zero attached hydrogens (tertiary/aromatic N) is 3. The fourth-order valence-corrected chi connectivity index (χ4v) is 4.08. The summed E-state index contributed by atoms with van der Waals surface area (Å²) in [6.45, 7) is 6.35. The molecule has 0 bridgehead atoms. The van der Waals surface area contributed by atoms with Gasteiger partial charge < -0.3 is 9.64 Å². The summed E-state index contributed by atoms with van der Waals surface area (Å²) in [5.41, 5.74) is 1.17. The van der Waals surface area contributed by atoms with Crippen molar-refractivity contribution in [2.45, 2.75) is 70.6 Å². The van der Waals surface area contributed by atoms with E-state index < -0.39 is 5.60 Å². The molecule has 0 N–H and O–H groups in total. The monoisotopic (exact) mass is 421 g/mol. The van der Waals surface area contributed by atoms with Gasteiger partial charge in [0.1, 0.15) is 11.4 Å². The van der Waals surface area contributed by atoms with Gasteiger partial charge >= 0.3 is 6.09 Å². The van der Waals surface area contributed by atoms with E-state index in [1.54, 1.807) is 4.90 Å². The highest BCUT2D eigenvalue weighted by atomic mass is 16.6. The maximum Gasteiger partial charge on any atom is 0.416 e. The number of pyridine rings is 1. The Kier molecular flexibility index (Phi) is 5.99. The molecule has 0 unspecified atom stereocenters. The van der Waals surface area contributed by atoms with Gasteiger partial charge in [0.15, 0.2) is 0 Å². The summed E-state index contributed by atoms with van der Waals surface area (Å²) in [5.74, 6) is 0.667. The number of likely N-dealkylation sites (tertiary alicyclic amines) is 1. The Morgan fingerprint density at radius 3 is 2.39 bits per heavy atom. The van der Waals surface area contributed by atoms with Crippen molar-refractivity contribution in [3.63, 3.8) is 0 Å². The Hall–Kier alpha value is -2.89. The van der Waals surface area contributed by atoms with Crippen LogP contribution in [0.15, 0.2) is 48.7 Å². The zero-order valence-corrected chi connectivity index (χ0v) is 18.6. The van der Waals surface area contributed by atoms with Gasteiger partial charge in [0, 0.05) is 24.3 Å². The minimum Gasteiger partial charge on any atom is -0.443 e. The third kappa shape index (κ3) is 5.06. The molecule has 1 aliphatic heterocycles. The number of carbonyl (C=O) groups is 2. The predicted octanol–water partition coefficient (Wildman–Crippen LogP) is 5.35. The van der Waals surface area contributed by atoms with Crippen molar-refractivity contribution in [1.82, 2.24) is 9.88 Å². The molecule has 0 radical (unpaired) electrons. The quantitative estimate of drug-likeness (QED) is 0.667. The molecule has 2 aromatic rings. The lowest BCUT2D eigenvalue weighted by atomic mass is 9.95. The fraction of sp³-hybridized carbons (Fsp3) is 0.480. The molecule has 1 aliphatic carbocycles. The summed E-state index contributed by atoms with van der Waals surface area (Å²) in [6, 6.07) is 13.5. The van der Waals surface area contributed by atoms with Crippen LogP contribution >= 0.6 is 0 Å². The Labute approximate surface area is 184 Å². The van der Waals surface area contributed by atoms with Crippen LogP contribution < -0.4 is 4.90 Å². The van der Waals surface area contributed by atoms with Crippen LogP contribution in [-0.4, -0.2) is 40.1 Å². The Morgan fingerprint density at radius 2 is 1.77 bits per heavy atom. The molecular weight excluding hydrogens is 390 g/mol. The van der Waals surface area contributed by atoms with E-state index in [-0.39, 0.29) is 24.1 Å². The van der Waals surface area contributed by atoms with Crippen LogP contribution in [-0.2, 0) is 4.74 Å². The normalized spacial score (nSPS) is 19.1. The van der Waals surface area contributed by atoms with Gasteiger partial charge in [-0.1, -0.05) is 24.3 Å². The Bertz CT molecular complexity index is 917. The lowest BCUT2D eigenvalue weighted by Crippen LogP contribution is -2.39. The van der Waals surface area contributed by atoms with E-state index in [9.17, 15) is 9.59 Å². The van der Waals surface area contributed by atoms with Crippen LogP contribution in [0.1, 0.15) is 74.8 Å². The number of hydrogen-bond acceptors (Lipinski definition) is 4. The smallest absolute Gasteiger partial charge is 0.416 e. The van der Waals surface area contributed by atoms with Gasteiger partial charge in [-0.25, -0.2) is 9.78 Å². The van der Waals surface area contributed by atoms with Crippen molar-refractivity contribution in [1.29, 1.82) is 0 Å². The molecule has 2 aliphatic rings. The molecule has 31 heavy (non-hydrogen) atoms. The molecular formula is C25H31N3O3. The SMILES string of the molecule is CC(C)(C)OC(=O)N(c1ccc([C@H]2CCCCN2C(=O)c2ccccc2)cn1)C1CC1. The van der Waals surface area contributed by atoms with Crippen molar-refractivity contribution >= 4 is 17.8 Å². The van der Waals surface area contributed by atoms with E-state index in [2.05, 4.69) is 4.98 Å². The number of piperidine rings is 1. The largest absolute Gasteiger partial charge is 0.443 e.